The number of nitrogens with zero attached hydrogens (tertiary/aromatic N) is 5. The van der Waals surface area contributed by atoms with Crippen LogP contribution in [0.25, 0.3) is 0 Å². The Kier molecular flexibility index (Phi) is 5.99. The minimum atomic E-state index is -0.0210. The summed E-state index contributed by atoms with van der Waals surface area (Å²) in [6, 6.07) is 5.53. The minimum absolute atomic E-state index is 0.0210. The minimum Gasteiger partial charge on any atom is -0.384 e. The predicted molar refractivity (Wildman–Crippen MR) is 102 cm³/mol. The third-order valence-electron chi connectivity index (χ3n) is 4.44. The van der Waals surface area contributed by atoms with Gasteiger partial charge in [-0.1, -0.05) is 13.8 Å². The van der Waals surface area contributed by atoms with E-state index < -0.39 is 0 Å². The third kappa shape index (κ3) is 4.68. The van der Waals surface area contributed by atoms with Crippen molar-refractivity contribution >= 4 is 17.5 Å². The van der Waals surface area contributed by atoms with Crippen molar-refractivity contribution in [3.05, 3.63) is 42.5 Å². The van der Waals surface area contributed by atoms with Crippen molar-refractivity contribution in [2.24, 2.45) is 5.92 Å². The Morgan fingerprint density at radius 2 is 1.85 bits per heavy atom. The Labute approximate surface area is 154 Å². The lowest BCUT2D eigenvalue weighted by atomic mass is 10.1. The van der Waals surface area contributed by atoms with Crippen LogP contribution in [0.15, 0.2) is 36.8 Å². The zero-order valence-electron chi connectivity index (χ0n) is 15.4. The zero-order chi connectivity index (χ0) is 18.4. The van der Waals surface area contributed by atoms with Gasteiger partial charge in [0.25, 0.3) is 5.91 Å². The number of anilines is 2. The van der Waals surface area contributed by atoms with Crippen LogP contribution in [-0.2, 0) is 0 Å². The number of rotatable bonds is 6. The molecule has 1 N–H and O–H groups in total. The van der Waals surface area contributed by atoms with Crippen LogP contribution in [0, 0.1) is 5.92 Å². The molecule has 0 aliphatic carbocycles. The van der Waals surface area contributed by atoms with Crippen LogP contribution in [0.1, 0.15) is 30.8 Å². The van der Waals surface area contributed by atoms with Crippen molar-refractivity contribution in [2.45, 2.75) is 20.3 Å². The lowest BCUT2D eigenvalue weighted by molar-refractivity contribution is 0.0740. The number of amides is 1. The summed E-state index contributed by atoms with van der Waals surface area (Å²) in [5, 5.41) is 3.34. The lowest BCUT2D eigenvalue weighted by Gasteiger charge is -2.34. The van der Waals surface area contributed by atoms with E-state index in [1.165, 1.54) is 0 Å². The molecule has 7 nitrogen and oxygen atoms in total. The predicted octanol–water partition coefficient (Wildman–Crippen LogP) is 2.29. The number of carbonyl (C=O) groups excluding carboxylic acids is 1. The first-order valence-corrected chi connectivity index (χ1v) is 9.14. The van der Waals surface area contributed by atoms with Gasteiger partial charge in [0, 0.05) is 45.1 Å². The Hall–Kier alpha value is -2.70. The van der Waals surface area contributed by atoms with Crippen LogP contribution in [0.5, 0.6) is 0 Å². The summed E-state index contributed by atoms with van der Waals surface area (Å²) in [6.45, 7) is 8.06. The first-order valence-electron chi connectivity index (χ1n) is 9.14. The first-order chi connectivity index (χ1) is 12.6. The molecule has 26 heavy (non-hydrogen) atoms. The van der Waals surface area contributed by atoms with Gasteiger partial charge in [-0.2, -0.15) is 0 Å². The fourth-order valence-corrected chi connectivity index (χ4v) is 2.86. The lowest BCUT2D eigenvalue weighted by Crippen LogP contribution is -2.49. The van der Waals surface area contributed by atoms with E-state index in [2.05, 4.69) is 39.0 Å². The molecule has 1 aliphatic heterocycles. The topological polar surface area (TPSA) is 74.2 Å². The van der Waals surface area contributed by atoms with Crippen molar-refractivity contribution in [3.63, 3.8) is 0 Å². The van der Waals surface area contributed by atoms with Gasteiger partial charge in [-0.15, -0.1) is 0 Å². The van der Waals surface area contributed by atoms with Gasteiger partial charge in [0.2, 0.25) is 5.95 Å². The normalized spacial score (nSPS) is 14.6. The van der Waals surface area contributed by atoms with E-state index in [9.17, 15) is 4.79 Å². The van der Waals surface area contributed by atoms with E-state index in [0.717, 1.165) is 37.7 Å². The molecular weight excluding hydrogens is 328 g/mol. The molecule has 0 saturated carbocycles. The maximum Gasteiger partial charge on any atom is 0.272 e. The molecule has 3 rings (SSSR count). The van der Waals surface area contributed by atoms with Crippen LogP contribution in [-0.4, -0.2) is 58.5 Å². The summed E-state index contributed by atoms with van der Waals surface area (Å²) in [4.78, 5) is 29.5. The van der Waals surface area contributed by atoms with Crippen molar-refractivity contribution in [3.8, 4) is 0 Å². The molecule has 2 aromatic rings. The summed E-state index contributed by atoms with van der Waals surface area (Å²) in [5.41, 5.74) is 1.44. The zero-order valence-corrected chi connectivity index (χ0v) is 15.4. The van der Waals surface area contributed by atoms with Gasteiger partial charge in [0.1, 0.15) is 5.69 Å². The van der Waals surface area contributed by atoms with Crippen LogP contribution in [0.2, 0.25) is 0 Å². The van der Waals surface area contributed by atoms with Crippen LogP contribution >= 0.6 is 0 Å². The molecule has 2 aromatic heterocycles. The number of hydrogen-bond donors (Lipinski definition) is 1. The molecule has 3 heterocycles. The highest BCUT2D eigenvalue weighted by atomic mass is 16.2. The van der Waals surface area contributed by atoms with Gasteiger partial charge in [0.15, 0.2) is 0 Å². The largest absolute Gasteiger partial charge is 0.384 e. The quantitative estimate of drug-likeness (QED) is 0.858. The van der Waals surface area contributed by atoms with Crippen molar-refractivity contribution in [1.29, 1.82) is 0 Å². The number of aromatic nitrogens is 3. The second-order valence-electron chi connectivity index (χ2n) is 6.87. The summed E-state index contributed by atoms with van der Waals surface area (Å²) in [5.74, 6) is 1.36. The van der Waals surface area contributed by atoms with Crippen molar-refractivity contribution < 1.29 is 4.79 Å². The number of piperazine rings is 1. The summed E-state index contributed by atoms with van der Waals surface area (Å²) >= 11 is 0. The first kappa shape index (κ1) is 18.1. The van der Waals surface area contributed by atoms with E-state index in [0.29, 0.717) is 24.7 Å². The average Bonchev–Trinajstić information content (AvgIpc) is 2.68. The van der Waals surface area contributed by atoms with Gasteiger partial charge in [-0.05, 0) is 30.5 Å². The monoisotopic (exact) mass is 354 g/mol. The van der Waals surface area contributed by atoms with E-state index in [-0.39, 0.29) is 5.91 Å². The molecule has 1 amide bonds. The van der Waals surface area contributed by atoms with Crippen molar-refractivity contribution in [2.75, 3.05) is 42.9 Å². The molecule has 0 bridgehead atoms. The van der Waals surface area contributed by atoms with E-state index in [1.807, 2.05) is 11.0 Å². The Bertz CT molecular complexity index is 696. The summed E-state index contributed by atoms with van der Waals surface area (Å²) < 4.78 is 0. The summed E-state index contributed by atoms with van der Waals surface area (Å²) in [6.07, 6.45) is 6.32. The van der Waals surface area contributed by atoms with Gasteiger partial charge in [-0.25, -0.2) is 15.0 Å². The molecule has 0 spiro atoms. The smallest absolute Gasteiger partial charge is 0.272 e. The second-order valence-corrected chi connectivity index (χ2v) is 6.87. The molecule has 7 heteroatoms. The number of pyridine rings is 1. The van der Waals surface area contributed by atoms with Gasteiger partial charge >= 0.3 is 0 Å². The van der Waals surface area contributed by atoms with Gasteiger partial charge < -0.3 is 15.1 Å². The molecule has 1 saturated heterocycles. The SMILES string of the molecule is CC(C)CCNc1ccc(C(=O)N2CCN(c3ncccn3)CC2)nc1. The highest BCUT2D eigenvalue weighted by molar-refractivity contribution is 5.92. The number of hydrogen-bond acceptors (Lipinski definition) is 6. The van der Waals surface area contributed by atoms with Crippen LogP contribution in [0.3, 0.4) is 0 Å². The van der Waals surface area contributed by atoms with Gasteiger partial charge in [-0.3, -0.25) is 4.79 Å². The highest BCUT2D eigenvalue weighted by Gasteiger charge is 2.23. The fourth-order valence-electron chi connectivity index (χ4n) is 2.86. The molecule has 0 atom stereocenters. The molecule has 0 radical (unpaired) electrons. The molecule has 0 aromatic carbocycles. The number of nitrogens with one attached hydrogen (secondary N) is 1. The third-order valence-corrected chi connectivity index (χ3v) is 4.44. The van der Waals surface area contributed by atoms with Gasteiger partial charge in [0.05, 0.1) is 11.9 Å². The van der Waals surface area contributed by atoms with Crippen molar-refractivity contribution in [1.82, 2.24) is 19.9 Å². The molecule has 0 unspecified atom stereocenters. The molecule has 1 fully saturated rings. The standard InChI is InChI=1S/C19H26N6O/c1-15(2)6-9-20-16-4-5-17(23-14-16)18(26)24-10-12-25(13-11-24)19-21-7-3-8-22-19/h3-5,7-8,14-15,20H,6,9-13H2,1-2H3. The molecule has 138 valence electrons. The molecular formula is C19H26N6O. The fraction of sp³-hybridized carbons (Fsp3) is 0.474. The Morgan fingerprint density at radius 3 is 2.46 bits per heavy atom. The van der Waals surface area contributed by atoms with Crippen LogP contribution < -0.4 is 10.2 Å². The molecule has 1 aliphatic rings. The van der Waals surface area contributed by atoms with Crippen LogP contribution in [0.4, 0.5) is 11.6 Å². The Balaban J connectivity index is 1.52. The summed E-state index contributed by atoms with van der Waals surface area (Å²) in [7, 11) is 0. The second kappa shape index (κ2) is 8.60. The van der Waals surface area contributed by atoms with E-state index >= 15 is 0 Å². The maximum atomic E-state index is 12.7. The van der Waals surface area contributed by atoms with E-state index in [4.69, 9.17) is 0 Å². The highest BCUT2D eigenvalue weighted by Crippen LogP contribution is 2.13. The maximum absolute atomic E-state index is 12.7. The Morgan fingerprint density at radius 1 is 1.12 bits per heavy atom. The van der Waals surface area contributed by atoms with E-state index in [1.54, 1.807) is 30.7 Å². The number of carbonyl (C=O) groups is 1. The average molecular weight is 354 g/mol.